The first kappa shape index (κ1) is 17.5. The molecule has 0 fully saturated rings. The van der Waals surface area contributed by atoms with Crippen LogP contribution in [0, 0.1) is 0 Å². The number of hydrogen-bond donors (Lipinski definition) is 1. The lowest BCUT2D eigenvalue weighted by molar-refractivity contribution is -0.137. The molecule has 0 heterocycles. The van der Waals surface area contributed by atoms with E-state index in [1.54, 1.807) is 0 Å². The summed E-state index contributed by atoms with van der Waals surface area (Å²) in [4.78, 5) is 14.2. The number of likely N-dealkylation sites (N-methyl/N-ethyl adjacent to an activating group) is 1. The van der Waals surface area contributed by atoms with E-state index in [1.807, 2.05) is 24.1 Å². The number of nitrogens with one attached hydrogen (secondary N) is 1. The number of hydrogen-bond acceptors (Lipinski definition) is 2. The summed E-state index contributed by atoms with van der Waals surface area (Å²) < 4.78 is 37.7. The molecule has 0 saturated heterocycles. The van der Waals surface area contributed by atoms with E-state index in [0.717, 1.165) is 25.0 Å². The van der Waals surface area contributed by atoms with Gasteiger partial charge in [-0.15, -0.1) is 0 Å². The molecule has 2 aromatic carbocycles. The number of nitrogens with zero attached hydrogens (tertiary/aromatic N) is 1. The smallest absolute Gasteiger partial charge is 0.325 e. The highest BCUT2D eigenvalue weighted by molar-refractivity contribution is 5.92. The molecule has 0 bridgehead atoms. The molecular weight excluding hydrogens is 329 g/mol. The van der Waals surface area contributed by atoms with E-state index in [2.05, 4.69) is 17.4 Å². The van der Waals surface area contributed by atoms with Gasteiger partial charge in [-0.2, -0.15) is 13.2 Å². The van der Waals surface area contributed by atoms with Crippen LogP contribution in [-0.2, 0) is 17.4 Å². The third-order valence-electron chi connectivity index (χ3n) is 4.52. The number of alkyl halides is 3. The Hall–Kier alpha value is -2.34. The van der Waals surface area contributed by atoms with Crippen molar-refractivity contribution in [3.8, 4) is 0 Å². The molecule has 1 amide bonds. The quantitative estimate of drug-likeness (QED) is 0.895. The third kappa shape index (κ3) is 4.02. The average Bonchev–Trinajstić information content (AvgIpc) is 2.98. The fourth-order valence-electron chi connectivity index (χ4n) is 3.27. The Morgan fingerprint density at radius 2 is 1.84 bits per heavy atom. The lowest BCUT2D eigenvalue weighted by Gasteiger charge is -2.24. The molecule has 1 aliphatic carbocycles. The fraction of sp³-hybridized carbons (Fsp3) is 0.316. The zero-order valence-electron chi connectivity index (χ0n) is 13.8. The van der Waals surface area contributed by atoms with Gasteiger partial charge in [0.1, 0.15) is 0 Å². The molecule has 2 aromatic rings. The summed E-state index contributed by atoms with van der Waals surface area (Å²) in [6.45, 7) is 0.181. The summed E-state index contributed by atoms with van der Waals surface area (Å²) in [6.07, 6.45) is -2.42. The summed E-state index contributed by atoms with van der Waals surface area (Å²) >= 11 is 0. The second-order valence-electron chi connectivity index (χ2n) is 6.29. The van der Waals surface area contributed by atoms with Gasteiger partial charge in [0.05, 0.1) is 12.1 Å². The van der Waals surface area contributed by atoms with Crippen molar-refractivity contribution in [2.75, 3.05) is 18.9 Å². The minimum atomic E-state index is -4.38. The molecule has 6 heteroatoms. The van der Waals surface area contributed by atoms with E-state index >= 15 is 0 Å². The molecular formula is C19H19F3N2O. The Kier molecular flexibility index (Phi) is 4.81. The van der Waals surface area contributed by atoms with Crippen molar-refractivity contribution in [1.29, 1.82) is 0 Å². The number of rotatable bonds is 4. The van der Waals surface area contributed by atoms with Gasteiger partial charge in [0, 0.05) is 11.7 Å². The molecule has 0 aromatic heterocycles. The van der Waals surface area contributed by atoms with Gasteiger partial charge in [0.15, 0.2) is 0 Å². The number of amides is 1. The van der Waals surface area contributed by atoms with Gasteiger partial charge in [-0.3, -0.25) is 9.69 Å². The topological polar surface area (TPSA) is 32.3 Å². The van der Waals surface area contributed by atoms with Crippen LogP contribution in [0.2, 0.25) is 0 Å². The fourth-order valence-corrected chi connectivity index (χ4v) is 3.27. The van der Waals surface area contributed by atoms with Crippen LogP contribution in [0.3, 0.4) is 0 Å². The lowest BCUT2D eigenvalue weighted by atomic mass is 10.1. The van der Waals surface area contributed by atoms with Crippen molar-refractivity contribution in [1.82, 2.24) is 4.90 Å². The maximum Gasteiger partial charge on any atom is 0.416 e. The Labute approximate surface area is 144 Å². The van der Waals surface area contributed by atoms with E-state index in [9.17, 15) is 18.0 Å². The normalized spacial score (nSPS) is 16.8. The Balaban J connectivity index is 1.59. The molecule has 3 rings (SSSR count). The molecule has 25 heavy (non-hydrogen) atoms. The van der Waals surface area contributed by atoms with Crippen molar-refractivity contribution in [2.45, 2.75) is 25.1 Å². The minimum Gasteiger partial charge on any atom is -0.325 e. The zero-order chi connectivity index (χ0) is 18.0. The predicted octanol–water partition coefficient (Wildman–Crippen LogP) is 4.26. The first-order chi connectivity index (χ1) is 11.8. The maximum absolute atomic E-state index is 12.6. The van der Waals surface area contributed by atoms with E-state index in [4.69, 9.17) is 0 Å². The van der Waals surface area contributed by atoms with Crippen molar-refractivity contribution >= 4 is 11.6 Å². The summed E-state index contributed by atoms with van der Waals surface area (Å²) in [7, 11) is 1.89. The van der Waals surface area contributed by atoms with Crippen LogP contribution in [0.15, 0.2) is 48.5 Å². The highest BCUT2D eigenvalue weighted by atomic mass is 19.4. The van der Waals surface area contributed by atoms with Crippen molar-refractivity contribution in [2.24, 2.45) is 0 Å². The summed E-state index contributed by atoms with van der Waals surface area (Å²) in [6, 6.07) is 12.8. The van der Waals surface area contributed by atoms with Gasteiger partial charge in [0.25, 0.3) is 0 Å². The molecule has 0 spiro atoms. The average molecular weight is 348 g/mol. The van der Waals surface area contributed by atoms with E-state index < -0.39 is 11.7 Å². The largest absolute Gasteiger partial charge is 0.416 e. The second-order valence-corrected chi connectivity index (χ2v) is 6.29. The van der Waals surface area contributed by atoms with E-state index in [1.165, 1.54) is 23.3 Å². The SMILES string of the molecule is CN(CC(=O)Nc1ccc(C(F)(F)F)cc1)[C@H]1CCc2ccccc21. The Morgan fingerprint density at radius 1 is 1.16 bits per heavy atom. The first-order valence-electron chi connectivity index (χ1n) is 8.10. The number of carbonyl (C=O) groups excluding carboxylic acids is 1. The summed E-state index contributed by atoms with van der Waals surface area (Å²) in [5.74, 6) is -0.244. The second kappa shape index (κ2) is 6.88. The Morgan fingerprint density at radius 3 is 2.52 bits per heavy atom. The number of fused-ring (bicyclic) bond motifs is 1. The molecule has 0 aliphatic heterocycles. The van der Waals surface area contributed by atoms with Crippen molar-refractivity contribution in [3.05, 3.63) is 65.2 Å². The van der Waals surface area contributed by atoms with E-state index in [-0.39, 0.29) is 18.5 Å². The van der Waals surface area contributed by atoms with Crippen LogP contribution >= 0.6 is 0 Å². The molecule has 1 atom stereocenters. The summed E-state index contributed by atoms with van der Waals surface area (Å²) in [5.41, 5.74) is 2.18. The molecule has 1 aliphatic rings. The lowest BCUT2D eigenvalue weighted by Crippen LogP contribution is -2.32. The van der Waals surface area contributed by atoms with Crippen LogP contribution in [0.5, 0.6) is 0 Å². The standard InChI is InChI=1S/C19H19F3N2O/c1-24(17-11-6-13-4-2-3-5-16(13)17)12-18(25)23-15-9-7-14(8-10-15)19(20,21)22/h2-5,7-10,17H,6,11-12H2,1H3,(H,23,25)/t17-/m0/s1. The van der Waals surface area contributed by atoms with Crippen LogP contribution in [0.25, 0.3) is 0 Å². The van der Waals surface area contributed by atoms with Crippen molar-refractivity contribution < 1.29 is 18.0 Å². The van der Waals surface area contributed by atoms with Gasteiger partial charge in [-0.1, -0.05) is 24.3 Å². The molecule has 0 radical (unpaired) electrons. The molecule has 0 unspecified atom stereocenters. The molecule has 132 valence electrons. The van der Waals surface area contributed by atoms with Crippen LogP contribution in [0.1, 0.15) is 29.2 Å². The highest BCUT2D eigenvalue weighted by Gasteiger charge is 2.30. The number of halogens is 3. The monoisotopic (exact) mass is 348 g/mol. The predicted molar refractivity (Wildman–Crippen MR) is 90.2 cm³/mol. The van der Waals surface area contributed by atoms with Crippen LogP contribution in [-0.4, -0.2) is 24.4 Å². The molecule has 3 nitrogen and oxygen atoms in total. The Bertz CT molecular complexity index is 756. The van der Waals surface area contributed by atoms with Gasteiger partial charge < -0.3 is 5.32 Å². The van der Waals surface area contributed by atoms with Gasteiger partial charge in [-0.05, 0) is 55.3 Å². The number of benzene rings is 2. The third-order valence-corrected chi connectivity index (χ3v) is 4.52. The zero-order valence-corrected chi connectivity index (χ0v) is 13.8. The number of carbonyl (C=O) groups is 1. The van der Waals surface area contributed by atoms with E-state index in [0.29, 0.717) is 5.69 Å². The van der Waals surface area contributed by atoms with Crippen LogP contribution < -0.4 is 5.32 Å². The highest BCUT2D eigenvalue weighted by Crippen LogP contribution is 2.34. The van der Waals surface area contributed by atoms with Gasteiger partial charge in [-0.25, -0.2) is 0 Å². The van der Waals surface area contributed by atoms with Crippen molar-refractivity contribution in [3.63, 3.8) is 0 Å². The molecule has 0 saturated carbocycles. The molecule has 1 N–H and O–H groups in total. The number of aryl methyl sites for hydroxylation is 1. The summed E-state index contributed by atoms with van der Waals surface area (Å²) in [5, 5.41) is 2.65. The van der Waals surface area contributed by atoms with Crippen LogP contribution in [0.4, 0.5) is 18.9 Å². The number of anilines is 1. The van der Waals surface area contributed by atoms with Gasteiger partial charge in [0.2, 0.25) is 5.91 Å². The minimum absolute atomic E-state index is 0.181. The maximum atomic E-state index is 12.6. The first-order valence-corrected chi connectivity index (χ1v) is 8.10. The van der Waals surface area contributed by atoms with Gasteiger partial charge >= 0.3 is 6.18 Å².